The van der Waals surface area contributed by atoms with Crippen molar-refractivity contribution in [3.05, 3.63) is 15.9 Å². The predicted molar refractivity (Wildman–Crippen MR) is 84.3 cm³/mol. The Morgan fingerprint density at radius 1 is 1.39 bits per heavy atom. The smallest absolute Gasteiger partial charge is 0.0767 e. The molecular weight excluding hydrogens is 310 g/mol. The normalized spacial score (nSPS) is 12.1. The highest BCUT2D eigenvalue weighted by Crippen LogP contribution is 2.23. The molecule has 0 atom stereocenters. The zero-order chi connectivity index (χ0) is 13.8. The lowest BCUT2D eigenvalue weighted by molar-refractivity contribution is 0.546. The Kier molecular flexibility index (Phi) is 6.21. The number of nitrogens with zero attached hydrogens (tertiary/aromatic N) is 2. The summed E-state index contributed by atoms with van der Waals surface area (Å²) >= 11 is 5.56. The van der Waals surface area contributed by atoms with E-state index in [4.69, 9.17) is 0 Å². The first-order chi connectivity index (χ1) is 8.45. The van der Waals surface area contributed by atoms with Gasteiger partial charge in [0, 0.05) is 24.4 Å². The Labute approximate surface area is 123 Å². The molecule has 0 spiro atoms. The fraction of sp³-hybridized carbons (Fsp3) is 0.769. The van der Waals surface area contributed by atoms with Gasteiger partial charge < -0.3 is 5.32 Å². The monoisotopic (exact) mass is 333 g/mol. The van der Waals surface area contributed by atoms with Crippen LogP contribution in [0.3, 0.4) is 0 Å². The fourth-order valence-corrected chi connectivity index (χ4v) is 2.69. The molecule has 3 nitrogen and oxygen atoms in total. The van der Waals surface area contributed by atoms with E-state index >= 15 is 0 Å². The van der Waals surface area contributed by atoms with Crippen LogP contribution in [0.1, 0.15) is 39.1 Å². The van der Waals surface area contributed by atoms with Crippen LogP contribution in [0.2, 0.25) is 0 Å². The lowest BCUT2D eigenvalue weighted by Crippen LogP contribution is -2.32. The molecule has 0 saturated heterocycles. The Balaban J connectivity index is 2.69. The number of rotatable bonds is 7. The highest BCUT2D eigenvalue weighted by Gasteiger charge is 2.17. The van der Waals surface area contributed by atoms with Crippen molar-refractivity contribution in [2.75, 3.05) is 12.8 Å². The maximum atomic E-state index is 4.61. The average molecular weight is 334 g/mol. The zero-order valence-corrected chi connectivity index (χ0v) is 14.4. The Morgan fingerprint density at radius 2 is 2.06 bits per heavy atom. The van der Waals surface area contributed by atoms with Gasteiger partial charge in [0.1, 0.15) is 0 Å². The molecule has 0 unspecified atom stereocenters. The largest absolute Gasteiger partial charge is 0.310 e. The summed E-state index contributed by atoms with van der Waals surface area (Å²) in [6.45, 7) is 11.6. The molecule has 0 aliphatic rings. The van der Waals surface area contributed by atoms with E-state index in [9.17, 15) is 0 Å². The molecule has 1 N–H and O–H groups in total. The molecule has 0 amide bonds. The topological polar surface area (TPSA) is 29.9 Å². The first-order valence-corrected chi connectivity index (χ1v) is 8.46. The first kappa shape index (κ1) is 16.1. The standard InChI is InChI=1S/C13H24BrN3S/c1-6-10-12(14)11(17(7-2)16-10)8-15-9-13(3,4)18-5/h15H,6-9H2,1-5H3. The quantitative estimate of drug-likeness (QED) is 0.828. The van der Waals surface area contributed by atoms with Gasteiger partial charge in [-0.25, -0.2) is 0 Å². The minimum Gasteiger partial charge on any atom is -0.310 e. The number of nitrogens with one attached hydrogen (secondary N) is 1. The van der Waals surface area contributed by atoms with Crippen LogP contribution in [0.4, 0.5) is 0 Å². The molecule has 0 bridgehead atoms. The van der Waals surface area contributed by atoms with Crippen LogP contribution in [0, 0.1) is 0 Å². The molecule has 0 aliphatic heterocycles. The van der Waals surface area contributed by atoms with Crippen molar-refractivity contribution in [1.29, 1.82) is 0 Å². The Hall–Kier alpha value is -0.000000000000000111. The molecule has 0 radical (unpaired) electrons. The molecule has 104 valence electrons. The summed E-state index contributed by atoms with van der Waals surface area (Å²) in [5, 5.41) is 8.14. The summed E-state index contributed by atoms with van der Waals surface area (Å²) in [6, 6.07) is 0. The van der Waals surface area contributed by atoms with Crippen LogP contribution in [0.25, 0.3) is 0 Å². The summed E-state index contributed by atoms with van der Waals surface area (Å²) in [5.41, 5.74) is 2.41. The van der Waals surface area contributed by atoms with E-state index in [0.717, 1.165) is 31.7 Å². The van der Waals surface area contributed by atoms with E-state index in [0.29, 0.717) is 0 Å². The second kappa shape index (κ2) is 6.96. The highest BCUT2D eigenvalue weighted by molar-refractivity contribution is 9.10. The zero-order valence-electron chi connectivity index (χ0n) is 12.0. The van der Waals surface area contributed by atoms with Crippen LogP contribution in [-0.4, -0.2) is 27.3 Å². The number of aromatic nitrogens is 2. The molecule has 18 heavy (non-hydrogen) atoms. The number of thioether (sulfide) groups is 1. The summed E-state index contributed by atoms with van der Waals surface area (Å²) in [5.74, 6) is 0. The molecular formula is C13H24BrN3S. The summed E-state index contributed by atoms with van der Waals surface area (Å²) in [4.78, 5) is 0. The van der Waals surface area contributed by atoms with Crippen molar-refractivity contribution in [1.82, 2.24) is 15.1 Å². The third-order valence-corrected chi connectivity index (χ3v) is 5.25. The molecule has 0 saturated carbocycles. The molecule has 0 aromatic carbocycles. The number of hydrogen-bond acceptors (Lipinski definition) is 3. The van der Waals surface area contributed by atoms with Gasteiger partial charge in [0.15, 0.2) is 0 Å². The molecule has 1 aromatic heterocycles. The van der Waals surface area contributed by atoms with Gasteiger partial charge in [-0.05, 0) is 49.4 Å². The van der Waals surface area contributed by atoms with E-state index in [2.05, 4.69) is 65.0 Å². The van der Waals surface area contributed by atoms with Crippen molar-refractivity contribution < 1.29 is 0 Å². The Bertz CT molecular complexity index is 388. The van der Waals surface area contributed by atoms with Crippen molar-refractivity contribution in [3.63, 3.8) is 0 Å². The predicted octanol–water partition coefficient (Wildman–Crippen LogP) is 3.46. The average Bonchev–Trinajstić information content (AvgIpc) is 2.66. The fourth-order valence-electron chi connectivity index (χ4n) is 1.74. The molecule has 1 aromatic rings. The SMILES string of the molecule is CCc1nn(CC)c(CNCC(C)(C)SC)c1Br. The van der Waals surface area contributed by atoms with Gasteiger partial charge in [-0.15, -0.1) is 0 Å². The van der Waals surface area contributed by atoms with E-state index in [1.54, 1.807) is 0 Å². The van der Waals surface area contributed by atoms with Crippen molar-refractivity contribution >= 4 is 27.7 Å². The lowest BCUT2D eigenvalue weighted by atomic mass is 10.2. The third kappa shape index (κ3) is 4.00. The van der Waals surface area contributed by atoms with E-state index < -0.39 is 0 Å². The van der Waals surface area contributed by atoms with E-state index in [1.165, 1.54) is 10.2 Å². The van der Waals surface area contributed by atoms with Gasteiger partial charge in [0.05, 0.1) is 15.9 Å². The summed E-state index contributed by atoms with van der Waals surface area (Å²) in [7, 11) is 0. The van der Waals surface area contributed by atoms with Gasteiger partial charge in [0.25, 0.3) is 0 Å². The van der Waals surface area contributed by atoms with E-state index in [-0.39, 0.29) is 4.75 Å². The van der Waals surface area contributed by atoms with Gasteiger partial charge in [-0.3, -0.25) is 4.68 Å². The lowest BCUT2D eigenvalue weighted by Gasteiger charge is -2.22. The van der Waals surface area contributed by atoms with Gasteiger partial charge in [-0.2, -0.15) is 16.9 Å². The number of hydrogen-bond donors (Lipinski definition) is 1. The minimum atomic E-state index is 0.275. The maximum absolute atomic E-state index is 4.61. The minimum absolute atomic E-state index is 0.275. The van der Waals surface area contributed by atoms with Crippen LogP contribution in [0.5, 0.6) is 0 Å². The van der Waals surface area contributed by atoms with Crippen LogP contribution in [-0.2, 0) is 19.5 Å². The Morgan fingerprint density at radius 3 is 2.56 bits per heavy atom. The second-order valence-corrected chi connectivity index (χ2v) is 7.25. The maximum Gasteiger partial charge on any atom is 0.0767 e. The van der Waals surface area contributed by atoms with Gasteiger partial charge in [-0.1, -0.05) is 6.92 Å². The van der Waals surface area contributed by atoms with Crippen LogP contribution in [0.15, 0.2) is 4.47 Å². The molecule has 1 heterocycles. The highest BCUT2D eigenvalue weighted by atomic mass is 79.9. The third-order valence-electron chi connectivity index (χ3n) is 3.09. The molecule has 1 rings (SSSR count). The van der Waals surface area contributed by atoms with Crippen molar-refractivity contribution in [2.45, 2.75) is 52.0 Å². The van der Waals surface area contributed by atoms with Gasteiger partial charge >= 0.3 is 0 Å². The number of aryl methyl sites for hydroxylation is 2. The molecule has 5 heteroatoms. The number of halogens is 1. The van der Waals surface area contributed by atoms with E-state index in [1.807, 2.05) is 11.8 Å². The summed E-state index contributed by atoms with van der Waals surface area (Å²) in [6.07, 6.45) is 3.12. The first-order valence-electron chi connectivity index (χ1n) is 6.45. The van der Waals surface area contributed by atoms with Crippen LogP contribution >= 0.6 is 27.7 Å². The van der Waals surface area contributed by atoms with Crippen LogP contribution < -0.4 is 5.32 Å². The van der Waals surface area contributed by atoms with Gasteiger partial charge in [0.2, 0.25) is 0 Å². The van der Waals surface area contributed by atoms with Crippen molar-refractivity contribution in [2.24, 2.45) is 0 Å². The molecule has 0 aliphatic carbocycles. The van der Waals surface area contributed by atoms with Crippen molar-refractivity contribution in [3.8, 4) is 0 Å². The summed E-state index contributed by atoms with van der Waals surface area (Å²) < 4.78 is 3.53. The second-order valence-electron chi connectivity index (χ2n) is 4.94. The molecule has 0 fully saturated rings.